The van der Waals surface area contributed by atoms with E-state index in [1.54, 1.807) is 11.3 Å². The zero-order valence-electron chi connectivity index (χ0n) is 9.41. The van der Waals surface area contributed by atoms with Gasteiger partial charge >= 0.3 is 0 Å². The Labute approximate surface area is 108 Å². The highest BCUT2D eigenvalue weighted by Gasteiger charge is 2.04. The molecule has 1 aromatic carbocycles. The number of aromatic nitrogens is 3. The monoisotopic (exact) mass is 258 g/mol. The molecule has 0 saturated heterocycles. The first kappa shape index (κ1) is 10.9. The van der Waals surface area contributed by atoms with Crippen LogP contribution in [-0.4, -0.2) is 15.2 Å². The Morgan fingerprint density at radius 2 is 2.33 bits per heavy atom. The molecule has 0 aliphatic rings. The van der Waals surface area contributed by atoms with Crippen LogP contribution in [0.4, 0.5) is 5.69 Å². The van der Waals surface area contributed by atoms with Crippen LogP contribution in [0.3, 0.4) is 0 Å². The van der Waals surface area contributed by atoms with Gasteiger partial charge in [0.15, 0.2) is 0 Å². The standard InChI is InChI=1S/C12H10N4OS/c1-2-9(12-16-15-7-17-12)4-10(3-1)13-5-11-6-18-8-14-11/h1-4,6-8,13H,5H2. The summed E-state index contributed by atoms with van der Waals surface area (Å²) in [5.74, 6) is 0.521. The Morgan fingerprint density at radius 3 is 3.11 bits per heavy atom. The summed E-state index contributed by atoms with van der Waals surface area (Å²) in [5.41, 5.74) is 4.75. The number of hydrogen-bond acceptors (Lipinski definition) is 6. The van der Waals surface area contributed by atoms with Crippen LogP contribution in [-0.2, 0) is 6.54 Å². The van der Waals surface area contributed by atoms with Gasteiger partial charge in [0.05, 0.1) is 17.7 Å². The summed E-state index contributed by atoms with van der Waals surface area (Å²) in [5, 5.41) is 12.9. The van der Waals surface area contributed by atoms with E-state index >= 15 is 0 Å². The number of hydrogen-bond donors (Lipinski definition) is 1. The lowest BCUT2D eigenvalue weighted by molar-refractivity contribution is 0.568. The summed E-state index contributed by atoms with van der Waals surface area (Å²) < 4.78 is 5.16. The highest BCUT2D eigenvalue weighted by molar-refractivity contribution is 7.07. The summed E-state index contributed by atoms with van der Waals surface area (Å²) in [4.78, 5) is 4.22. The molecule has 0 atom stereocenters. The van der Waals surface area contributed by atoms with E-state index in [0.717, 1.165) is 16.9 Å². The minimum absolute atomic E-state index is 0.521. The SMILES string of the molecule is c1cc(NCc2cscn2)cc(-c2nnco2)c1. The molecule has 3 aromatic rings. The molecular weight excluding hydrogens is 248 g/mol. The van der Waals surface area contributed by atoms with Crippen molar-refractivity contribution in [1.29, 1.82) is 0 Å². The van der Waals surface area contributed by atoms with Gasteiger partial charge in [-0.1, -0.05) is 6.07 Å². The summed E-state index contributed by atoms with van der Waals surface area (Å²) in [6.07, 6.45) is 1.32. The van der Waals surface area contributed by atoms with E-state index in [-0.39, 0.29) is 0 Å². The van der Waals surface area contributed by atoms with Crippen molar-refractivity contribution in [2.24, 2.45) is 0 Å². The fraction of sp³-hybridized carbons (Fsp3) is 0.0833. The smallest absolute Gasteiger partial charge is 0.247 e. The van der Waals surface area contributed by atoms with Crippen LogP contribution < -0.4 is 5.32 Å². The van der Waals surface area contributed by atoms with E-state index in [2.05, 4.69) is 20.5 Å². The molecule has 0 amide bonds. The normalized spacial score (nSPS) is 10.4. The van der Waals surface area contributed by atoms with Gasteiger partial charge in [0.25, 0.3) is 0 Å². The van der Waals surface area contributed by atoms with Crippen LogP contribution in [0.15, 0.2) is 46.0 Å². The van der Waals surface area contributed by atoms with Gasteiger partial charge in [-0.2, -0.15) is 0 Å². The Morgan fingerprint density at radius 1 is 1.33 bits per heavy atom. The van der Waals surface area contributed by atoms with E-state index in [4.69, 9.17) is 4.42 Å². The third-order valence-electron chi connectivity index (χ3n) is 2.43. The van der Waals surface area contributed by atoms with Gasteiger partial charge in [-0.3, -0.25) is 0 Å². The molecule has 2 heterocycles. The van der Waals surface area contributed by atoms with Crippen LogP contribution >= 0.6 is 11.3 Å². The van der Waals surface area contributed by atoms with Crippen LogP contribution in [0.5, 0.6) is 0 Å². The lowest BCUT2D eigenvalue weighted by atomic mass is 10.2. The number of thiazole rings is 1. The molecule has 1 N–H and O–H groups in total. The van der Waals surface area contributed by atoms with E-state index in [1.807, 2.05) is 35.2 Å². The second-order valence-corrected chi connectivity index (χ2v) is 4.38. The maximum Gasteiger partial charge on any atom is 0.247 e. The zero-order chi connectivity index (χ0) is 12.2. The van der Waals surface area contributed by atoms with Crippen molar-refractivity contribution >= 4 is 17.0 Å². The van der Waals surface area contributed by atoms with Crippen molar-refractivity contribution in [3.63, 3.8) is 0 Å². The molecule has 0 bridgehead atoms. The largest absolute Gasteiger partial charge is 0.423 e. The quantitative estimate of drug-likeness (QED) is 0.779. The maximum atomic E-state index is 5.16. The molecule has 0 spiro atoms. The Hall–Kier alpha value is -2.21. The van der Waals surface area contributed by atoms with Crippen LogP contribution in [0.2, 0.25) is 0 Å². The molecule has 6 heteroatoms. The van der Waals surface area contributed by atoms with Crippen LogP contribution in [0, 0.1) is 0 Å². The molecule has 18 heavy (non-hydrogen) atoms. The van der Waals surface area contributed by atoms with Crippen LogP contribution in [0.1, 0.15) is 5.69 Å². The first-order valence-electron chi connectivity index (χ1n) is 5.39. The van der Waals surface area contributed by atoms with E-state index in [1.165, 1.54) is 6.39 Å². The fourth-order valence-corrected chi connectivity index (χ4v) is 2.14. The molecule has 3 rings (SSSR count). The highest BCUT2D eigenvalue weighted by atomic mass is 32.1. The first-order valence-corrected chi connectivity index (χ1v) is 6.33. The number of rotatable bonds is 4. The Bertz CT molecular complexity index is 607. The number of nitrogens with one attached hydrogen (secondary N) is 1. The lowest BCUT2D eigenvalue weighted by Gasteiger charge is -2.05. The van der Waals surface area contributed by atoms with Gasteiger partial charge in [-0.15, -0.1) is 21.5 Å². The molecule has 0 radical (unpaired) electrons. The molecule has 90 valence electrons. The van der Waals surface area contributed by atoms with Crippen molar-refractivity contribution in [2.45, 2.75) is 6.54 Å². The van der Waals surface area contributed by atoms with Gasteiger partial charge in [-0.05, 0) is 18.2 Å². The first-order chi connectivity index (χ1) is 8.92. The van der Waals surface area contributed by atoms with Crippen molar-refractivity contribution < 1.29 is 4.42 Å². The topological polar surface area (TPSA) is 63.8 Å². The van der Waals surface area contributed by atoms with Gasteiger partial charge < -0.3 is 9.73 Å². The van der Waals surface area contributed by atoms with E-state index < -0.39 is 0 Å². The second kappa shape index (κ2) is 4.97. The molecule has 0 aliphatic carbocycles. The average Bonchev–Trinajstić information content (AvgIpc) is 3.10. The average molecular weight is 258 g/mol. The Kier molecular flexibility index (Phi) is 3.01. The number of nitrogens with zero attached hydrogens (tertiary/aromatic N) is 3. The zero-order valence-corrected chi connectivity index (χ0v) is 10.2. The minimum Gasteiger partial charge on any atom is -0.423 e. The summed E-state index contributed by atoms with van der Waals surface area (Å²) >= 11 is 1.59. The van der Waals surface area contributed by atoms with Gasteiger partial charge in [0.2, 0.25) is 12.3 Å². The van der Waals surface area contributed by atoms with Crippen LogP contribution in [0.25, 0.3) is 11.5 Å². The lowest BCUT2D eigenvalue weighted by Crippen LogP contribution is -1.99. The van der Waals surface area contributed by atoms with Crippen molar-refractivity contribution in [3.05, 3.63) is 47.2 Å². The third kappa shape index (κ3) is 2.38. The predicted molar refractivity (Wildman–Crippen MR) is 69.2 cm³/mol. The third-order valence-corrected chi connectivity index (χ3v) is 3.06. The summed E-state index contributed by atoms with van der Waals surface area (Å²) in [6, 6.07) is 7.84. The van der Waals surface area contributed by atoms with Gasteiger partial charge in [-0.25, -0.2) is 4.98 Å². The number of anilines is 1. The molecule has 2 aromatic heterocycles. The van der Waals surface area contributed by atoms with E-state index in [9.17, 15) is 0 Å². The van der Waals surface area contributed by atoms with Crippen molar-refractivity contribution in [3.8, 4) is 11.5 Å². The summed E-state index contributed by atoms with van der Waals surface area (Å²) in [6.45, 7) is 0.705. The summed E-state index contributed by atoms with van der Waals surface area (Å²) in [7, 11) is 0. The fourth-order valence-electron chi connectivity index (χ4n) is 1.58. The Balaban J connectivity index is 1.75. The van der Waals surface area contributed by atoms with E-state index in [0.29, 0.717) is 12.4 Å². The number of benzene rings is 1. The predicted octanol–water partition coefficient (Wildman–Crippen LogP) is 2.81. The second-order valence-electron chi connectivity index (χ2n) is 3.66. The molecule has 0 fully saturated rings. The highest BCUT2D eigenvalue weighted by Crippen LogP contribution is 2.20. The molecule has 0 saturated carbocycles. The van der Waals surface area contributed by atoms with Crippen molar-refractivity contribution in [2.75, 3.05) is 5.32 Å². The van der Waals surface area contributed by atoms with Crippen molar-refractivity contribution in [1.82, 2.24) is 15.2 Å². The molecule has 0 aliphatic heterocycles. The molecule has 0 unspecified atom stereocenters. The van der Waals surface area contributed by atoms with Gasteiger partial charge in [0, 0.05) is 16.6 Å². The maximum absolute atomic E-state index is 5.16. The molecular formula is C12H10N4OS. The molecule has 5 nitrogen and oxygen atoms in total. The van der Waals surface area contributed by atoms with Gasteiger partial charge in [0.1, 0.15) is 0 Å². The minimum atomic E-state index is 0.521.